The molecule has 9 nitrogen and oxygen atoms in total. The molecule has 0 radical (unpaired) electrons. The second-order valence-electron chi connectivity index (χ2n) is 10.6. The van der Waals surface area contributed by atoms with E-state index in [1.54, 1.807) is 30.6 Å². The lowest BCUT2D eigenvalue weighted by Crippen LogP contribution is -2.49. The highest BCUT2D eigenvalue weighted by Gasteiger charge is 2.43. The molecule has 2 N–H and O–H groups in total. The van der Waals surface area contributed by atoms with Gasteiger partial charge in [0.15, 0.2) is 5.82 Å². The van der Waals surface area contributed by atoms with E-state index in [4.69, 9.17) is 4.98 Å². The Bertz CT molecular complexity index is 1600. The Morgan fingerprint density at radius 3 is 2.63 bits per heavy atom. The van der Waals surface area contributed by atoms with Gasteiger partial charge in [-0.15, -0.1) is 0 Å². The number of rotatable bonds is 5. The molecule has 0 spiro atoms. The molecule has 0 bridgehead atoms. The number of sulfonamides is 1. The molecule has 0 amide bonds. The number of fused-ring (bicyclic) bond motifs is 2. The predicted octanol–water partition coefficient (Wildman–Crippen LogP) is 4.05. The molecule has 0 saturated carbocycles. The Hall–Kier alpha value is -3.76. The molecule has 1 saturated heterocycles. The van der Waals surface area contributed by atoms with Gasteiger partial charge < -0.3 is 15.5 Å². The first-order valence-corrected chi connectivity index (χ1v) is 14.3. The van der Waals surface area contributed by atoms with Crippen LogP contribution in [0.15, 0.2) is 71.9 Å². The van der Waals surface area contributed by atoms with Crippen molar-refractivity contribution < 1.29 is 8.42 Å². The summed E-state index contributed by atoms with van der Waals surface area (Å²) in [7, 11) is -3.92. The Kier molecular flexibility index (Phi) is 5.96. The number of hydrogen-bond donors (Lipinski definition) is 2. The summed E-state index contributed by atoms with van der Waals surface area (Å²) in [6, 6.07) is 17.5. The van der Waals surface area contributed by atoms with E-state index in [0.717, 1.165) is 36.3 Å². The van der Waals surface area contributed by atoms with Gasteiger partial charge in [0.05, 0.1) is 5.52 Å². The van der Waals surface area contributed by atoms with Crippen LogP contribution >= 0.6 is 0 Å². The Morgan fingerprint density at radius 2 is 1.84 bits per heavy atom. The topological polar surface area (TPSA) is 103 Å². The number of pyridine rings is 1. The standard InChI is InChI=1S/C28H31N7O2S/c1-19-17-34(15-14-29-19)22-11-9-21(10-12-22)32-27-31-16-23-26(33-27)35(18-28(23,2)3)38(36,37)24-8-4-6-20-7-5-13-30-25(20)24/h4-13,16,19,29H,14-15,17-18H2,1-3H3,(H,31,32,33)/t19-/m0/s1. The van der Waals surface area contributed by atoms with E-state index < -0.39 is 15.4 Å². The quantitative estimate of drug-likeness (QED) is 0.399. The van der Waals surface area contributed by atoms with Gasteiger partial charge in [-0.05, 0) is 43.3 Å². The highest BCUT2D eigenvalue weighted by Crippen LogP contribution is 2.42. The van der Waals surface area contributed by atoms with Gasteiger partial charge >= 0.3 is 0 Å². The van der Waals surface area contributed by atoms with Crippen molar-refractivity contribution in [1.82, 2.24) is 20.3 Å². The number of aromatic nitrogens is 3. The summed E-state index contributed by atoms with van der Waals surface area (Å²) >= 11 is 0. The highest BCUT2D eigenvalue weighted by molar-refractivity contribution is 7.93. The third kappa shape index (κ3) is 4.33. The maximum atomic E-state index is 14.0. The minimum absolute atomic E-state index is 0.171. The monoisotopic (exact) mass is 529 g/mol. The van der Waals surface area contributed by atoms with Gasteiger partial charge in [0.1, 0.15) is 4.90 Å². The molecule has 4 aromatic rings. The van der Waals surface area contributed by atoms with Crippen LogP contribution < -0.4 is 19.8 Å². The second-order valence-corrected chi connectivity index (χ2v) is 12.5. The smallest absolute Gasteiger partial charge is 0.267 e. The number of benzene rings is 2. The second kappa shape index (κ2) is 9.21. The fourth-order valence-corrected chi connectivity index (χ4v) is 7.04. The van der Waals surface area contributed by atoms with E-state index in [1.807, 2.05) is 38.1 Å². The number of hydrogen-bond acceptors (Lipinski definition) is 8. The SMILES string of the molecule is C[C@H]1CN(c2ccc(Nc3ncc4c(n3)N(S(=O)(=O)c3cccc5cccnc35)CC4(C)C)cc2)CCN1. The zero-order valence-corrected chi connectivity index (χ0v) is 22.5. The molecule has 10 heteroatoms. The van der Waals surface area contributed by atoms with Crippen LogP contribution in [-0.2, 0) is 15.4 Å². The molecule has 1 fully saturated rings. The zero-order chi connectivity index (χ0) is 26.5. The van der Waals surface area contributed by atoms with E-state index in [9.17, 15) is 8.42 Å². The molecular weight excluding hydrogens is 498 g/mol. The van der Waals surface area contributed by atoms with Crippen molar-refractivity contribution in [1.29, 1.82) is 0 Å². The van der Waals surface area contributed by atoms with Crippen molar-refractivity contribution in [3.8, 4) is 0 Å². The molecule has 4 heterocycles. The molecular formula is C28H31N7O2S. The van der Waals surface area contributed by atoms with Crippen LogP contribution in [0.25, 0.3) is 10.9 Å². The molecule has 1 atom stereocenters. The van der Waals surface area contributed by atoms with Gasteiger partial charge in [0, 0.05) is 72.4 Å². The van der Waals surface area contributed by atoms with Crippen molar-refractivity contribution >= 4 is 44.1 Å². The molecule has 0 aliphatic carbocycles. The molecule has 196 valence electrons. The van der Waals surface area contributed by atoms with Gasteiger partial charge in [-0.1, -0.05) is 32.0 Å². The van der Waals surface area contributed by atoms with Crippen molar-refractivity contribution in [2.75, 3.05) is 40.7 Å². The zero-order valence-electron chi connectivity index (χ0n) is 21.7. The number of nitrogens with one attached hydrogen (secondary N) is 2. The number of nitrogens with zero attached hydrogens (tertiary/aromatic N) is 5. The lowest BCUT2D eigenvalue weighted by atomic mass is 9.89. The van der Waals surface area contributed by atoms with Crippen LogP contribution in [0.4, 0.5) is 23.1 Å². The Morgan fingerprint density at radius 1 is 1.05 bits per heavy atom. The third-order valence-electron chi connectivity index (χ3n) is 7.29. The van der Waals surface area contributed by atoms with Gasteiger partial charge in [-0.3, -0.25) is 4.98 Å². The summed E-state index contributed by atoms with van der Waals surface area (Å²) in [5.74, 6) is 0.744. The van der Waals surface area contributed by atoms with Crippen LogP contribution in [0.2, 0.25) is 0 Å². The van der Waals surface area contributed by atoms with Crippen molar-refractivity contribution in [3.05, 3.63) is 72.6 Å². The fourth-order valence-electron chi connectivity index (χ4n) is 5.27. The highest BCUT2D eigenvalue weighted by atomic mass is 32.2. The summed E-state index contributed by atoms with van der Waals surface area (Å²) in [6.45, 7) is 9.38. The van der Waals surface area contributed by atoms with E-state index in [0.29, 0.717) is 23.3 Å². The first-order valence-electron chi connectivity index (χ1n) is 12.8. The summed E-state index contributed by atoms with van der Waals surface area (Å²) in [6.07, 6.45) is 3.35. The maximum absolute atomic E-state index is 14.0. The van der Waals surface area contributed by atoms with Crippen LogP contribution in [0.5, 0.6) is 0 Å². The fraction of sp³-hybridized carbons (Fsp3) is 0.321. The Labute approximate surface area is 223 Å². The minimum atomic E-state index is -3.92. The van der Waals surface area contributed by atoms with E-state index >= 15 is 0 Å². The van der Waals surface area contributed by atoms with Gasteiger partial charge in [-0.25, -0.2) is 17.7 Å². The average Bonchev–Trinajstić information content (AvgIpc) is 3.19. The summed E-state index contributed by atoms with van der Waals surface area (Å²) in [5.41, 5.74) is 2.81. The van der Waals surface area contributed by atoms with Crippen molar-refractivity contribution in [3.63, 3.8) is 0 Å². The maximum Gasteiger partial charge on any atom is 0.267 e. The first kappa shape index (κ1) is 24.6. The summed E-state index contributed by atoms with van der Waals surface area (Å²) < 4.78 is 29.3. The molecule has 2 aliphatic heterocycles. The van der Waals surface area contributed by atoms with E-state index in [1.165, 1.54) is 9.99 Å². The molecule has 38 heavy (non-hydrogen) atoms. The summed E-state index contributed by atoms with van der Waals surface area (Å²) in [4.78, 5) is 16.1. The van der Waals surface area contributed by atoms with Crippen molar-refractivity contribution in [2.45, 2.75) is 37.1 Å². The van der Waals surface area contributed by atoms with Crippen molar-refractivity contribution in [2.24, 2.45) is 0 Å². The molecule has 6 rings (SSSR count). The number of piperazine rings is 1. The number of anilines is 4. The molecule has 2 aliphatic rings. The lowest BCUT2D eigenvalue weighted by molar-refractivity contribution is 0.485. The first-order chi connectivity index (χ1) is 18.2. The van der Waals surface area contributed by atoms with E-state index in [2.05, 4.69) is 44.6 Å². The normalized spacial score (nSPS) is 19.0. The average molecular weight is 530 g/mol. The number of para-hydroxylation sites is 1. The Balaban J connectivity index is 1.31. The van der Waals surface area contributed by atoms with Crippen LogP contribution in [0.1, 0.15) is 26.3 Å². The lowest BCUT2D eigenvalue weighted by Gasteiger charge is -2.33. The van der Waals surface area contributed by atoms with Crippen LogP contribution in [-0.4, -0.2) is 55.6 Å². The molecule has 0 unspecified atom stereocenters. The third-order valence-corrected chi connectivity index (χ3v) is 9.06. The van der Waals surface area contributed by atoms with Crippen LogP contribution in [0, 0.1) is 0 Å². The van der Waals surface area contributed by atoms with Gasteiger partial charge in [0.2, 0.25) is 5.95 Å². The van der Waals surface area contributed by atoms with Gasteiger partial charge in [-0.2, -0.15) is 4.98 Å². The summed E-state index contributed by atoms with van der Waals surface area (Å²) in [5, 5.41) is 7.49. The predicted molar refractivity (Wildman–Crippen MR) is 151 cm³/mol. The largest absolute Gasteiger partial charge is 0.369 e. The van der Waals surface area contributed by atoms with E-state index in [-0.39, 0.29) is 11.4 Å². The minimum Gasteiger partial charge on any atom is -0.369 e. The van der Waals surface area contributed by atoms with Gasteiger partial charge in [0.25, 0.3) is 10.0 Å². The molecule has 2 aromatic heterocycles. The molecule has 2 aromatic carbocycles. The van der Waals surface area contributed by atoms with Crippen LogP contribution in [0.3, 0.4) is 0 Å².